The largest absolute Gasteiger partial charge is 0.352 e. The molecule has 1 aromatic carbocycles. The molecule has 170 valence electrons. The average Bonchev–Trinajstić information content (AvgIpc) is 3.19. The maximum atomic E-state index is 13.3. The van der Waals surface area contributed by atoms with E-state index in [0.717, 1.165) is 19.9 Å². The van der Waals surface area contributed by atoms with Crippen molar-refractivity contribution in [2.75, 3.05) is 26.2 Å². The first kappa shape index (κ1) is 24.1. The van der Waals surface area contributed by atoms with Gasteiger partial charge in [-0.3, -0.25) is 4.79 Å². The van der Waals surface area contributed by atoms with Gasteiger partial charge in [0.2, 0.25) is 10.0 Å². The SMILES string of the molecule is NCCNC(=O)C1N(S(=O)(=O)Cc2ccccc2)CCCN1S(=O)(=O)c1ccc(Cl)s1. The number of rotatable bonds is 8. The zero-order valence-corrected chi connectivity index (χ0v) is 19.7. The topological polar surface area (TPSA) is 130 Å². The lowest BCUT2D eigenvalue weighted by Gasteiger charge is -2.40. The van der Waals surface area contributed by atoms with E-state index in [-0.39, 0.29) is 46.9 Å². The van der Waals surface area contributed by atoms with Gasteiger partial charge < -0.3 is 11.1 Å². The summed E-state index contributed by atoms with van der Waals surface area (Å²) in [5.41, 5.74) is 5.99. The van der Waals surface area contributed by atoms with Crippen LogP contribution in [0.1, 0.15) is 12.0 Å². The molecule has 3 rings (SSSR count). The Labute approximate surface area is 190 Å². The summed E-state index contributed by atoms with van der Waals surface area (Å²) in [4.78, 5) is 13.0. The second-order valence-electron chi connectivity index (χ2n) is 6.83. The number of halogens is 1. The summed E-state index contributed by atoms with van der Waals surface area (Å²) in [5, 5.41) is 2.53. The Hall–Kier alpha value is -1.54. The first-order valence-corrected chi connectivity index (χ1v) is 13.7. The van der Waals surface area contributed by atoms with Gasteiger partial charge in [-0.15, -0.1) is 11.3 Å². The molecule has 1 amide bonds. The van der Waals surface area contributed by atoms with Crippen LogP contribution in [0.15, 0.2) is 46.7 Å². The Kier molecular flexibility index (Phi) is 7.73. The van der Waals surface area contributed by atoms with Crippen molar-refractivity contribution in [2.24, 2.45) is 5.73 Å². The van der Waals surface area contributed by atoms with Crippen LogP contribution in [0.5, 0.6) is 0 Å². The molecule has 0 radical (unpaired) electrons. The van der Waals surface area contributed by atoms with Crippen molar-refractivity contribution in [1.82, 2.24) is 13.9 Å². The highest BCUT2D eigenvalue weighted by Crippen LogP contribution is 2.32. The van der Waals surface area contributed by atoms with E-state index in [1.165, 1.54) is 12.1 Å². The molecule has 9 nitrogen and oxygen atoms in total. The number of thiophene rings is 1. The molecule has 1 unspecified atom stereocenters. The van der Waals surface area contributed by atoms with E-state index in [1.54, 1.807) is 30.3 Å². The predicted octanol–water partition coefficient (Wildman–Crippen LogP) is 1.03. The summed E-state index contributed by atoms with van der Waals surface area (Å²) < 4.78 is 55.1. The highest BCUT2D eigenvalue weighted by molar-refractivity contribution is 7.91. The number of nitrogens with zero attached hydrogens (tertiary/aromatic N) is 2. The van der Waals surface area contributed by atoms with Crippen LogP contribution in [0.3, 0.4) is 0 Å². The van der Waals surface area contributed by atoms with Gasteiger partial charge in [-0.1, -0.05) is 41.9 Å². The minimum atomic E-state index is -4.16. The van der Waals surface area contributed by atoms with Gasteiger partial charge in [0.15, 0.2) is 6.17 Å². The van der Waals surface area contributed by atoms with E-state index in [9.17, 15) is 21.6 Å². The standard InChI is InChI=1S/C18H23ClN4O5S3/c19-15-7-8-16(29-15)31(27,28)23-12-4-11-22(18(23)17(24)21-10-9-20)30(25,26)13-14-5-2-1-3-6-14/h1-3,5-8,18H,4,9-13,20H2,(H,21,24). The van der Waals surface area contributed by atoms with Crippen molar-refractivity contribution in [3.05, 3.63) is 52.4 Å². The van der Waals surface area contributed by atoms with Crippen molar-refractivity contribution in [2.45, 2.75) is 22.5 Å². The Morgan fingerprint density at radius 2 is 1.77 bits per heavy atom. The lowest BCUT2D eigenvalue weighted by molar-refractivity contribution is -0.129. The molecule has 0 saturated carbocycles. The normalized spacial score (nSPS) is 18.7. The van der Waals surface area contributed by atoms with Crippen molar-refractivity contribution < 1.29 is 21.6 Å². The molecule has 0 spiro atoms. The Morgan fingerprint density at radius 1 is 1.10 bits per heavy atom. The second-order valence-corrected chi connectivity index (χ2v) is 12.6. The summed E-state index contributed by atoms with van der Waals surface area (Å²) >= 11 is 6.75. The van der Waals surface area contributed by atoms with Crippen LogP contribution in [0.25, 0.3) is 0 Å². The predicted molar refractivity (Wildman–Crippen MR) is 119 cm³/mol. The van der Waals surface area contributed by atoms with Gasteiger partial charge in [0, 0.05) is 26.2 Å². The number of carbonyl (C=O) groups is 1. The number of hydrogen-bond acceptors (Lipinski definition) is 7. The zero-order chi connectivity index (χ0) is 22.6. The van der Waals surface area contributed by atoms with Gasteiger partial charge in [-0.25, -0.2) is 16.8 Å². The van der Waals surface area contributed by atoms with Gasteiger partial charge in [0.05, 0.1) is 10.1 Å². The summed E-state index contributed by atoms with van der Waals surface area (Å²) in [6.45, 7) is 0.228. The highest BCUT2D eigenvalue weighted by Gasteiger charge is 2.46. The molecule has 1 atom stereocenters. The molecule has 2 heterocycles. The second kappa shape index (κ2) is 9.94. The van der Waals surface area contributed by atoms with Crippen LogP contribution < -0.4 is 11.1 Å². The van der Waals surface area contributed by atoms with Gasteiger partial charge in [-0.05, 0) is 24.1 Å². The first-order chi connectivity index (χ1) is 14.7. The van der Waals surface area contributed by atoms with Gasteiger partial charge in [0.25, 0.3) is 15.9 Å². The van der Waals surface area contributed by atoms with E-state index >= 15 is 0 Å². The minimum absolute atomic E-state index is 0.00405. The van der Waals surface area contributed by atoms with E-state index in [2.05, 4.69) is 5.32 Å². The van der Waals surface area contributed by atoms with E-state index in [0.29, 0.717) is 5.56 Å². The van der Waals surface area contributed by atoms with Crippen LogP contribution in [-0.2, 0) is 30.6 Å². The van der Waals surface area contributed by atoms with Crippen molar-refractivity contribution in [3.63, 3.8) is 0 Å². The molecule has 1 aromatic heterocycles. The molecule has 0 bridgehead atoms. The minimum Gasteiger partial charge on any atom is -0.352 e. The van der Waals surface area contributed by atoms with Crippen LogP contribution in [0, 0.1) is 0 Å². The summed E-state index contributed by atoms with van der Waals surface area (Å²) in [6, 6.07) is 11.3. The molecular weight excluding hydrogens is 484 g/mol. The maximum absolute atomic E-state index is 13.3. The molecular formula is C18H23ClN4O5S3. The van der Waals surface area contributed by atoms with Crippen LogP contribution >= 0.6 is 22.9 Å². The lowest BCUT2D eigenvalue weighted by Crippen LogP contribution is -2.63. The third-order valence-corrected chi connectivity index (χ3v) is 9.99. The quantitative estimate of drug-likeness (QED) is 0.550. The lowest BCUT2D eigenvalue weighted by atomic mass is 10.2. The fraction of sp³-hybridized carbons (Fsp3) is 0.389. The van der Waals surface area contributed by atoms with E-state index in [4.69, 9.17) is 17.3 Å². The smallest absolute Gasteiger partial charge is 0.254 e. The molecule has 1 saturated heterocycles. The number of amides is 1. The monoisotopic (exact) mass is 506 g/mol. The number of benzene rings is 1. The Balaban J connectivity index is 2.00. The molecule has 1 aliphatic heterocycles. The fourth-order valence-electron chi connectivity index (χ4n) is 3.28. The molecule has 1 fully saturated rings. The van der Waals surface area contributed by atoms with Crippen LogP contribution in [0.4, 0.5) is 0 Å². The molecule has 3 N–H and O–H groups in total. The average molecular weight is 507 g/mol. The summed E-state index contributed by atoms with van der Waals surface area (Å²) in [5.74, 6) is -1.10. The van der Waals surface area contributed by atoms with Crippen molar-refractivity contribution in [3.8, 4) is 0 Å². The molecule has 1 aliphatic rings. The molecule has 31 heavy (non-hydrogen) atoms. The molecule has 13 heteroatoms. The zero-order valence-electron chi connectivity index (χ0n) is 16.5. The van der Waals surface area contributed by atoms with E-state index < -0.39 is 32.1 Å². The molecule has 2 aromatic rings. The van der Waals surface area contributed by atoms with E-state index in [1.807, 2.05) is 0 Å². The van der Waals surface area contributed by atoms with Crippen LogP contribution in [-0.4, -0.2) is 63.7 Å². The Bertz CT molecular complexity index is 1120. The summed E-state index contributed by atoms with van der Waals surface area (Å²) in [7, 11) is -8.17. The first-order valence-electron chi connectivity index (χ1n) is 9.45. The number of hydrogen-bond donors (Lipinski definition) is 2. The number of sulfonamides is 2. The third-order valence-electron chi connectivity index (χ3n) is 4.64. The number of nitrogens with two attached hydrogens (primary N) is 1. The maximum Gasteiger partial charge on any atom is 0.254 e. The number of nitrogens with one attached hydrogen (secondary N) is 1. The number of carbonyl (C=O) groups excluding carboxylic acids is 1. The summed E-state index contributed by atoms with van der Waals surface area (Å²) in [6.07, 6.45) is -1.31. The molecule has 0 aliphatic carbocycles. The third kappa shape index (κ3) is 5.45. The van der Waals surface area contributed by atoms with Gasteiger partial charge >= 0.3 is 0 Å². The van der Waals surface area contributed by atoms with Gasteiger partial charge in [-0.2, -0.15) is 8.61 Å². The van der Waals surface area contributed by atoms with Crippen LogP contribution in [0.2, 0.25) is 4.34 Å². The highest BCUT2D eigenvalue weighted by atomic mass is 35.5. The van der Waals surface area contributed by atoms with Crippen molar-refractivity contribution in [1.29, 1.82) is 0 Å². The fourth-order valence-corrected chi connectivity index (χ4v) is 8.25. The van der Waals surface area contributed by atoms with Crippen molar-refractivity contribution >= 4 is 48.9 Å². The van der Waals surface area contributed by atoms with Gasteiger partial charge in [0.1, 0.15) is 4.21 Å². The Morgan fingerprint density at radius 3 is 2.39 bits per heavy atom.